The molecule has 0 fully saturated rings. The van der Waals surface area contributed by atoms with Crippen LogP contribution in [-0.2, 0) is 9.84 Å². The molecule has 1 aromatic rings. The van der Waals surface area contributed by atoms with Crippen LogP contribution >= 0.6 is 0 Å². The van der Waals surface area contributed by atoms with Crippen molar-refractivity contribution in [3.8, 4) is 5.75 Å². The van der Waals surface area contributed by atoms with Crippen LogP contribution in [-0.4, -0.2) is 32.1 Å². The van der Waals surface area contributed by atoms with Crippen molar-refractivity contribution in [2.75, 3.05) is 18.6 Å². The average molecular weight is 244 g/mol. The van der Waals surface area contributed by atoms with Crippen LogP contribution in [0.15, 0.2) is 24.3 Å². The van der Waals surface area contributed by atoms with Gasteiger partial charge in [-0.1, -0.05) is 12.1 Å². The largest absolute Gasteiger partial charge is 0.494 e. The molecular formula is C11H16O4S. The number of hydrogen-bond donors (Lipinski definition) is 1. The number of ether oxygens (including phenoxy) is 1. The molecule has 1 unspecified atom stereocenters. The summed E-state index contributed by atoms with van der Waals surface area (Å²) < 4.78 is 27.2. The summed E-state index contributed by atoms with van der Waals surface area (Å²) in [5.41, 5.74) is 0.578. The molecule has 1 rings (SSSR count). The lowest BCUT2D eigenvalue weighted by Crippen LogP contribution is -2.12. The molecule has 0 aliphatic heterocycles. The van der Waals surface area contributed by atoms with Crippen LogP contribution in [0, 0.1) is 0 Å². The van der Waals surface area contributed by atoms with Crippen LogP contribution in [0.1, 0.15) is 18.6 Å². The molecule has 0 radical (unpaired) electrons. The molecule has 16 heavy (non-hydrogen) atoms. The van der Waals surface area contributed by atoms with Crippen LogP contribution < -0.4 is 4.74 Å². The monoisotopic (exact) mass is 244 g/mol. The van der Waals surface area contributed by atoms with Gasteiger partial charge in [0.05, 0.1) is 18.5 Å². The summed E-state index contributed by atoms with van der Waals surface area (Å²) in [5.74, 6) is 0.443. The Morgan fingerprint density at radius 2 is 1.88 bits per heavy atom. The fraction of sp³-hybridized carbons (Fsp3) is 0.455. The van der Waals surface area contributed by atoms with Crippen molar-refractivity contribution >= 4 is 9.84 Å². The zero-order valence-corrected chi connectivity index (χ0v) is 10.2. The van der Waals surface area contributed by atoms with Crippen molar-refractivity contribution < 1.29 is 18.3 Å². The van der Waals surface area contributed by atoms with Crippen molar-refractivity contribution in [3.63, 3.8) is 0 Å². The predicted octanol–water partition coefficient (Wildman–Crippen LogP) is 1.16. The molecule has 1 aromatic carbocycles. The predicted molar refractivity (Wildman–Crippen MR) is 62.3 cm³/mol. The van der Waals surface area contributed by atoms with Crippen LogP contribution in [0.5, 0.6) is 5.75 Å². The first-order chi connectivity index (χ1) is 7.42. The van der Waals surface area contributed by atoms with Gasteiger partial charge < -0.3 is 9.84 Å². The summed E-state index contributed by atoms with van der Waals surface area (Å²) in [6.45, 7) is 2.46. The number of aliphatic hydroxyl groups is 1. The minimum absolute atomic E-state index is 0.263. The molecule has 0 spiro atoms. The Bertz CT molecular complexity index is 422. The average Bonchev–Trinajstić information content (AvgIpc) is 2.16. The van der Waals surface area contributed by atoms with Crippen molar-refractivity contribution in [1.82, 2.24) is 0 Å². The second-order valence-electron chi connectivity index (χ2n) is 3.61. The molecule has 0 aliphatic carbocycles. The normalized spacial score (nSPS) is 13.4. The fourth-order valence-corrected chi connectivity index (χ4v) is 2.10. The number of rotatable bonds is 5. The maximum Gasteiger partial charge on any atom is 0.150 e. The summed E-state index contributed by atoms with van der Waals surface area (Å²) in [7, 11) is -3.17. The first kappa shape index (κ1) is 13.0. The highest BCUT2D eigenvalue weighted by Gasteiger charge is 2.14. The second kappa shape index (κ2) is 5.32. The highest BCUT2D eigenvalue weighted by Crippen LogP contribution is 2.18. The Labute approximate surface area is 95.8 Å². The number of aliphatic hydroxyl groups excluding tert-OH is 1. The first-order valence-electron chi connectivity index (χ1n) is 5.01. The quantitative estimate of drug-likeness (QED) is 0.844. The van der Waals surface area contributed by atoms with Crippen LogP contribution in [0.4, 0.5) is 0 Å². The topological polar surface area (TPSA) is 63.6 Å². The van der Waals surface area contributed by atoms with Gasteiger partial charge in [0.2, 0.25) is 0 Å². The van der Waals surface area contributed by atoms with Crippen LogP contribution in [0.2, 0.25) is 0 Å². The SMILES string of the molecule is CCOc1ccc(C(O)CS(C)(=O)=O)cc1. The molecule has 5 heteroatoms. The summed E-state index contributed by atoms with van der Waals surface area (Å²) in [6.07, 6.45) is 0.121. The van der Waals surface area contributed by atoms with E-state index in [9.17, 15) is 13.5 Å². The Hall–Kier alpha value is -1.07. The zero-order chi connectivity index (χ0) is 12.2. The summed E-state index contributed by atoms with van der Waals surface area (Å²) in [6, 6.07) is 6.76. The number of sulfone groups is 1. The van der Waals surface area contributed by atoms with Crippen molar-refractivity contribution in [1.29, 1.82) is 0 Å². The van der Waals surface area contributed by atoms with E-state index in [0.29, 0.717) is 17.9 Å². The Morgan fingerprint density at radius 3 is 2.31 bits per heavy atom. The molecule has 1 atom stereocenters. The molecule has 1 N–H and O–H groups in total. The molecule has 0 amide bonds. The van der Waals surface area contributed by atoms with Gasteiger partial charge in [0, 0.05) is 6.26 Å². The highest BCUT2D eigenvalue weighted by atomic mass is 32.2. The molecule has 4 nitrogen and oxygen atoms in total. The fourth-order valence-electron chi connectivity index (χ4n) is 1.34. The van der Waals surface area contributed by atoms with E-state index in [1.807, 2.05) is 6.92 Å². The van der Waals surface area contributed by atoms with Gasteiger partial charge in [-0.05, 0) is 24.6 Å². The van der Waals surface area contributed by atoms with Crippen molar-refractivity contribution in [2.24, 2.45) is 0 Å². The van der Waals surface area contributed by atoms with Gasteiger partial charge in [-0.15, -0.1) is 0 Å². The lowest BCUT2D eigenvalue weighted by molar-refractivity contribution is 0.201. The standard InChI is InChI=1S/C11H16O4S/c1-3-15-10-6-4-9(5-7-10)11(12)8-16(2,13)14/h4-7,11-12H,3,8H2,1-2H3. The lowest BCUT2D eigenvalue weighted by Gasteiger charge is -2.10. The van der Waals surface area contributed by atoms with E-state index in [-0.39, 0.29) is 5.75 Å². The van der Waals surface area contributed by atoms with Gasteiger partial charge in [-0.25, -0.2) is 8.42 Å². The summed E-state index contributed by atoms with van der Waals surface area (Å²) in [4.78, 5) is 0. The van der Waals surface area contributed by atoms with E-state index >= 15 is 0 Å². The molecule has 0 heterocycles. The van der Waals surface area contributed by atoms with E-state index in [1.165, 1.54) is 0 Å². The second-order valence-corrected chi connectivity index (χ2v) is 5.80. The molecule has 0 saturated carbocycles. The maximum absolute atomic E-state index is 11.0. The maximum atomic E-state index is 11.0. The third-order valence-electron chi connectivity index (χ3n) is 2.04. The van der Waals surface area contributed by atoms with E-state index in [1.54, 1.807) is 24.3 Å². The van der Waals surface area contributed by atoms with E-state index < -0.39 is 15.9 Å². The minimum atomic E-state index is -3.17. The van der Waals surface area contributed by atoms with E-state index in [0.717, 1.165) is 6.26 Å². The first-order valence-corrected chi connectivity index (χ1v) is 7.07. The minimum Gasteiger partial charge on any atom is -0.494 e. The number of hydrogen-bond acceptors (Lipinski definition) is 4. The van der Waals surface area contributed by atoms with E-state index in [4.69, 9.17) is 4.74 Å². The molecule has 0 bridgehead atoms. The molecule has 0 aromatic heterocycles. The molecule has 90 valence electrons. The Kier molecular flexibility index (Phi) is 4.32. The van der Waals surface area contributed by atoms with Gasteiger partial charge in [0.25, 0.3) is 0 Å². The summed E-state index contributed by atoms with van der Waals surface area (Å²) in [5, 5.41) is 9.66. The van der Waals surface area contributed by atoms with Gasteiger partial charge >= 0.3 is 0 Å². The smallest absolute Gasteiger partial charge is 0.150 e. The van der Waals surface area contributed by atoms with Gasteiger partial charge in [0.1, 0.15) is 15.6 Å². The number of benzene rings is 1. The van der Waals surface area contributed by atoms with Crippen molar-refractivity contribution in [2.45, 2.75) is 13.0 Å². The molecular weight excluding hydrogens is 228 g/mol. The third-order valence-corrected chi connectivity index (χ3v) is 2.96. The van der Waals surface area contributed by atoms with Crippen molar-refractivity contribution in [3.05, 3.63) is 29.8 Å². The Balaban J connectivity index is 2.74. The van der Waals surface area contributed by atoms with Crippen LogP contribution in [0.3, 0.4) is 0 Å². The third kappa shape index (κ3) is 4.20. The van der Waals surface area contributed by atoms with Gasteiger partial charge in [-0.3, -0.25) is 0 Å². The highest BCUT2D eigenvalue weighted by molar-refractivity contribution is 7.90. The van der Waals surface area contributed by atoms with E-state index in [2.05, 4.69) is 0 Å². The Morgan fingerprint density at radius 1 is 1.31 bits per heavy atom. The zero-order valence-electron chi connectivity index (χ0n) is 9.38. The van der Waals surface area contributed by atoms with Gasteiger partial charge in [-0.2, -0.15) is 0 Å². The molecule has 0 saturated heterocycles. The molecule has 0 aliphatic rings. The summed E-state index contributed by atoms with van der Waals surface area (Å²) >= 11 is 0. The van der Waals surface area contributed by atoms with Crippen LogP contribution in [0.25, 0.3) is 0 Å². The van der Waals surface area contributed by atoms with Gasteiger partial charge in [0.15, 0.2) is 0 Å². The lowest BCUT2D eigenvalue weighted by atomic mass is 10.1.